The van der Waals surface area contributed by atoms with Crippen LogP contribution in [-0.2, 0) is 0 Å². The molecule has 6 heteroatoms. The van der Waals surface area contributed by atoms with Crippen LogP contribution in [0.4, 0.5) is 0 Å². The molecule has 5 nitrogen and oxygen atoms in total. The lowest BCUT2D eigenvalue weighted by molar-refractivity contribution is 0.0691. The van der Waals surface area contributed by atoms with Crippen molar-refractivity contribution < 1.29 is 14.6 Å². The Bertz CT molecular complexity index is 473. The lowest BCUT2D eigenvalue weighted by atomic mass is 10.2. The Morgan fingerprint density at radius 1 is 1.35 bits per heavy atom. The molecule has 1 heterocycles. The zero-order chi connectivity index (χ0) is 14.5. The highest BCUT2D eigenvalue weighted by Crippen LogP contribution is 2.23. The standard InChI is InChI=1S/C14H19ClN2O3/c1-16-4-6-17(7-5-16)8-9-20-13-10-11(15)2-3-12(13)14(18)19/h2-3,10H,4-9H2,1H3,(H,18,19). The van der Waals surface area contributed by atoms with Crippen LogP contribution in [0.3, 0.4) is 0 Å². The molecule has 1 fully saturated rings. The monoisotopic (exact) mass is 298 g/mol. The number of hydrogen-bond donors (Lipinski definition) is 1. The molecule has 1 saturated heterocycles. The van der Waals surface area contributed by atoms with Gasteiger partial charge in [0, 0.05) is 37.7 Å². The molecule has 0 atom stereocenters. The number of piperazine rings is 1. The predicted octanol–water partition coefficient (Wildman–Crippen LogP) is 1.66. The van der Waals surface area contributed by atoms with E-state index < -0.39 is 5.97 Å². The number of carbonyl (C=O) groups is 1. The molecular formula is C14H19ClN2O3. The van der Waals surface area contributed by atoms with Gasteiger partial charge in [0.25, 0.3) is 0 Å². The summed E-state index contributed by atoms with van der Waals surface area (Å²) in [6, 6.07) is 4.57. The van der Waals surface area contributed by atoms with Crippen molar-refractivity contribution in [3.63, 3.8) is 0 Å². The molecule has 0 amide bonds. The van der Waals surface area contributed by atoms with Gasteiger partial charge >= 0.3 is 5.97 Å². The second-order valence-electron chi connectivity index (χ2n) is 4.94. The van der Waals surface area contributed by atoms with E-state index >= 15 is 0 Å². The van der Waals surface area contributed by atoms with Crippen molar-refractivity contribution in [1.82, 2.24) is 9.80 Å². The van der Waals surface area contributed by atoms with Crippen LogP contribution in [0.15, 0.2) is 18.2 Å². The van der Waals surface area contributed by atoms with E-state index in [9.17, 15) is 4.79 Å². The maximum absolute atomic E-state index is 11.1. The van der Waals surface area contributed by atoms with Gasteiger partial charge in [0.05, 0.1) is 0 Å². The fraction of sp³-hybridized carbons (Fsp3) is 0.500. The van der Waals surface area contributed by atoms with Crippen LogP contribution < -0.4 is 4.74 Å². The maximum Gasteiger partial charge on any atom is 0.339 e. The van der Waals surface area contributed by atoms with Crippen molar-refractivity contribution in [2.24, 2.45) is 0 Å². The van der Waals surface area contributed by atoms with E-state index in [1.165, 1.54) is 6.07 Å². The first kappa shape index (κ1) is 15.1. The number of carboxylic acids is 1. The Kier molecular flexibility index (Phi) is 5.23. The van der Waals surface area contributed by atoms with Crippen LogP contribution in [0.25, 0.3) is 0 Å². The van der Waals surface area contributed by atoms with E-state index in [1.807, 2.05) is 0 Å². The summed E-state index contributed by atoms with van der Waals surface area (Å²) in [6.45, 7) is 5.39. The Labute approximate surface area is 123 Å². The molecule has 1 N–H and O–H groups in total. The summed E-state index contributed by atoms with van der Waals surface area (Å²) in [5, 5.41) is 9.57. The van der Waals surface area contributed by atoms with Crippen LogP contribution in [0.2, 0.25) is 5.02 Å². The third-order valence-electron chi connectivity index (χ3n) is 3.44. The number of likely N-dealkylation sites (N-methyl/N-ethyl adjacent to an activating group) is 1. The average Bonchev–Trinajstić information content (AvgIpc) is 2.41. The van der Waals surface area contributed by atoms with Crippen LogP contribution in [-0.4, -0.2) is 67.3 Å². The molecule has 2 rings (SSSR count). The summed E-state index contributed by atoms with van der Waals surface area (Å²) in [7, 11) is 2.11. The summed E-state index contributed by atoms with van der Waals surface area (Å²) >= 11 is 5.88. The van der Waals surface area contributed by atoms with Crippen LogP contribution in [0, 0.1) is 0 Å². The zero-order valence-corrected chi connectivity index (χ0v) is 12.3. The molecule has 0 aliphatic carbocycles. The van der Waals surface area contributed by atoms with Gasteiger partial charge in [-0.15, -0.1) is 0 Å². The summed E-state index contributed by atoms with van der Waals surface area (Å²) in [6.07, 6.45) is 0. The van der Waals surface area contributed by atoms with Crippen molar-refractivity contribution in [3.05, 3.63) is 28.8 Å². The van der Waals surface area contributed by atoms with Crippen molar-refractivity contribution in [1.29, 1.82) is 0 Å². The number of rotatable bonds is 5. The molecule has 1 aliphatic heterocycles. The van der Waals surface area contributed by atoms with Gasteiger partial charge in [-0.1, -0.05) is 11.6 Å². The van der Waals surface area contributed by atoms with Gasteiger partial charge in [-0.05, 0) is 25.2 Å². The highest BCUT2D eigenvalue weighted by atomic mass is 35.5. The highest BCUT2D eigenvalue weighted by Gasteiger charge is 2.15. The molecule has 0 unspecified atom stereocenters. The largest absolute Gasteiger partial charge is 0.491 e. The van der Waals surface area contributed by atoms with Gasteiger partial charge in [-0.2, -0.15) is 0 Å². The summed E-state index contributed by atoms with van der Waals surface area (Å²) < 4.78 is 5.59. The van der Waals surface area contributed by atoms with Gasteiger partial charge in [-0.25, -0.2) is 4.79 Å². The molecule has 0 saturated carbocycles. The molecule has 0 bridgehead atoms. The van der Waals surface area contributed by atoms with Crippen LogP contribution in [0.1, 0.15) is 10.4 Å². The van der Waals surface area contributed by atoms with E-state index in [-0.39, 0.29) is 5.56 Å². The SMILES string of the molecule is CN1CCN(CCOc2cc(Cl)ccc2C(=O)O)CC1. The Balaban J connectivity index is 1.87. The van der Waals surface area contributed by atoms with Crippen molar-refractivity contribution in [2.75, 3.05) is 46.4 Å². The van der Waals surface area contributed by atoms with Crippen molar-refractivity contribution in [2.45, 2.75) is 0 Å². The minimum Gasteiger partial charge on any atom is -0.491 e. The normalized spacial score (nSPS) is 17.1. The van der Waals surface area contributed by atoms with E-state index in [4.69, 9.17) is 21.4 Å². The molecule has 1 aromatic rings. The highest BCUT2D eigenvalue weighted by molar-refractivity contribution is 6.30. The number of benzene rings is 1. The lowest BCUT2D eigenvalue weighted by Crippen LogP contribution is -2.45. The first-order valence-electron chi connectivity index (χ1n) is 6.63. The van der Waals surface area contributed by atoms with Crippen LogP contribution >= 0.6 is 11.6 Å². The Morgan fingerprint density at radius 3 is 2.70 bits per heavy atom. The van der Waals surface area contributed by atoms with E-state index in [0.717, 1.165) is 32.7 Å². The molecule has 0 aromatic heterocycles. The first-order chi connectivity index (χ1) is 9.56. The number of nitrogens with zero attached hydrogens (tertiary/aromatic N) is 2. The molecule has 110 valence electrons. The predicted molar refractivity (Wildman–Crippen MR) is 77.8 cm³/mol. The molecule has 1 aliphatic rings. The quantitative estimate of drug-likeness (QED) is 0.896. The lowest BCUT2D eigenvalue weighted by Gasteiger charge is -2.32. The van der Waals surface area contributed by atoms with Crippen molar-refractivity contribution >= 4 is 17.6 Å². The number of ether oxygens (including phenoxy) is 1. The molecule has 0 radical (unpaired) electrons. The van der Waals surface area contributed by atoms with Crippen LogP contribution in [0.5, 0.6) is 5.75 Å². The minimum atomic E-state index is -1.00. The second-order valence-corrected chi connectivity index (χ2v) is 5.38. The molecule has 1 aromatic carbocycles. The van der Waals surface area contributed by atoms with Gasteiger partial charge in [-0.3, -0.25) is 4.90 Å². The summed E-state index contributed by atoms with van der Waals surface area (Å²) in [5.74, 6) is -0.671. The van der Waals surface area contributed by atoms with E-state index in [0.29, 0.717) is 17.4 Å². The van der Waals surface area contributed by atoms with Crippen molar-refractivity contribution in [3.8, 4) is 5.75 Å². The maximum atomic E-state index is 11.1. The Hall–Kier alpha value is -1.30. The third-order valence-corrected chi connectivity index (χ3v) is 3.67. The van der Waals surface area contributed by atoms with Gasteiger partial charge in [0.2, 0.25) is 0 Å². The number of carboxylic acid groups (broad SMARTS) is 1. The molecular weight excluding hydrogens is 280 g/mol. The van der Waals surface area contributed by atoms with Gasteiger partial charge in [0.15, 0.2) is 0 Å². The van der Waals surface area contributed by atoms with Gasteiger partial charge < -0.3 is 14.7 Å². The first-order valence-corrected chi connectivity index (χ1v) is 7.00. The van der Waals surface area contributed by atoms with E-state index in [2.05, 4.69) is 16.8 Å². The average molecular weight is 299 g/mol. The number of halogens is 1. The Morgan fingerprint density at radius 2 is 2.05 bits per heavy atom. The smallest absolute Gasteiger partial charge is 0.339 e. The minimum absolute atomic E-state index is 0.146. The topological polar surface area (TPSA) is 53.0 Å². The second kappa shape index (κ2) is 6.92. The molecule has 20 heavy (non-hydrogen) atoms. The number of hydrogen-bond acceptors (Lipinski definition) is 4. The zero-order valence-electron chi connectivity index (χ0n) is 11.5. The molecule has 0 spiro atoms. The number of aromatic carboxylic acids is 1. The summed E-state index contributed by atoms with van der Waals surface area (Å²) in [5.41, 5.74) is 0.146. The van der Waals surface area contributed by atoms with E-state index in [1.54, 1.807) is 12.1 Å². The fourth-order valence-corrected chi connectivity index (χ4v) is 2.31. The fourth-order valence-electron chi connectivity index (χ4n) is 2.15. The summed E-state index contributed by atoms with van der Waals surface area (Å²) in [4.78, 5) is 15.7. The van der Waals surface area contributed by atoms with Gasteiger partial charge in [0.1, 0.15) is 17.9 Å². The third kappa shape index (κ3) is 4.10.